The van der Waals surface area contributed by atoms with E-state index in [1.807, 2.05) is 0 Å². The summed E-state index contributed by atoms with van der Waals surface area (Å²) < 4.78 is 0. The summed E-state index contributed by atoms with van der Waals surface area (Å²) in [5, 5.41) is 0. The quantitative estimate of drug-likeness (QED) is 0.566. The topological polar surface area (TPSA) is 0 Å². The van der Waals surface area contributed by atoms with Crippen LogP contribution in [0.4, 0.5) is 0 Å². The molecule has 2 fully saturated rings. The smallest absolute Gasteiger partial charge is 0.0167 e. The highest BCUT2D eigenvalue weighted by Crippen LogP contribution is 2.43. The monoisotopic (exact) mass is 272 g/mol. The van der Waals surface area contributed by atoms with Crippen molar-refractivity contribution in [2.75, 3.05) is 0 Å². The van der Waals surface area contributed by atoms with E-state index in [9.17, 15) is 0 Å². The third-order valence-corrected chi connectivity index (χ3v) is 6.47. The largest absolute Gasteiger partial charge is 0.0810 e. The van der Waals surface area contributed by atoms with Crippen LogP contribution in [-0.2, 0) is 0 Å². The van der Waals surface area contributed by atoms with E-state index < -0.39 is 0 Å². The Morgan fingerprint density at radius 3 is 1.90 bits per heavy atom. The lowest BCUT2D eigenvalue weighted by atomic mass is 9.67. The van der Waals surface area contributed by atoms with Crippen LogP contribution >= 0.6 is 0 Å². The second-order valence-corrected chi connectivity index (χ2v) is 7.90. The number of hydrogen-bond donors (Lipinski definition) is 0. The molecule has 0 aromatic rings. The lowest BCUT2D eigenvalue weighted by Crippen LogP contribution is -2.27. The van der Waals surface area contributed by atoms with Crippen LogP contribution < -0.4 is 0 Å². The third-order valence-electron chi connectivity index (χ3n) is 6.47. The van der Waals surface area contributed by atoms with Crippen LogP contribution in [0.1, 0.15) is 71.6 Å². The summed E-state index contributed by atoms with van der Waals surface area (Å²) in [7, 11) is 0. The number of hydrogen-bond acceptors (Lipinski definition) is 0. The van der Waals surface area contributed by atoms with Gasteiger partial charge in [-0.25, -0.2) is 0 Å². The first kappa shape index (κ1) is 14.4. The molecule has 20 heavy (non-hydrogen) atoms. The Morgan fingerprint density at radius 1 is 0.800 bits per heavy atom. The van der Waals surface area contributed by atoms with E-state index in [0.717, 1.165) is 29.6 Å². The van der Waals surface area contributed by atoms with Crippen LogP contribution in [0.25, 0.3) is 0 Å². The molecule has 0 bridgehead atoms. The molecular weight excluding hydrogens is 240 g/mol. The van der Waals surface area contributed by atoms with Crippen LogP contribution in [0.2, 0.25) is 0 Å². The van der Waals surface area contributed by atoms with Crippen LogP contribution in [0.3, 0.4) is 0 Å². The zero-order chi connectivity index (χ0) is 13.9. The first-order valence-corrected chi connectivity index (χ1v) is 9.07. The van der Waals surface area contributed by atoms with Gasteiger partial charge in [0.05, 0.1) is 0 Å². The van der Waals surface area contributed by atoms with Crippen molar-refractivity contribution in [3.8, 4) is 0 Å². The fourth-order valence-electron chi connectivity index (χ4n) is 4.90. The van der Waals surface area contributed by atoms with Gasteiger partial charge in [0.25, 0.3) is 0 Å². The Labute approximate surface area is 125 Å². The van der Waals surface area contributed by atoms with E-state index >= 15 is 0 Å². The number of rotatable bonds is 2. The Bertz CT molecular complexity index is 359. The first-order valence-electron chi connectivity index (χ1n) is 9.07. The molecule has 0 amide bonds. The van der Waals surface area contributed by atoms with E-state index in [2.05, 4.69) is 32.1 Å². The van der Waals surface area contributed by atoms with E-state index in [1.165, 1.54) is 63.4 Å². The van der Waals surface area contributed by atoms with Crippen molar-refractivity contribution in [3.63, 3.8) is 0 Å². The highest BCUT2D eigenvalue weighted by atomic mass is 14.4. The molecule has 0 saturated heterocycles. The van der Waals surface area contributed by atoms with Crippen LogP contribution in [0, 0.1) is 29.6 Å². The maximum Gasteiger partial charge on any atom is -0.0167 e. The predicted octanol–water partition coefficient (Wildman–Crippen LogP) is 6.14. The van der Waals surface area contributed by atoms with Gasteiger partial charge in [-0.3, -0.25) is 0 Å². The average Bonchev–Trinajstić information content (AvgIpc) is 2.49. The third kappa shape index (κ3) is 3.38. The van der Waals surface area contributed by atoms with E-state index in [-0.39, 0.29) is 0 Å². The lowest BCUT2D eigenvalue weighted by Gasteiger charge is -2.39. The molecule has 3 rings (SSSR count). The molecule has 112 valence electrons. The molecule has 3 aliphatic rings. The summed E-state index contributed by atoms with van der Waals surface area (Å²) in [6, 6.07) is 0. The lowest BCUT2D eigenvalue weighted by molar-refractivity contribution is 0.137. The van der Waals surface area contributed by atoms with Crippen molar-refractivity contribution in [3.05, 3.63) is 23.8 Å². The Balaban J connectivity index is 1.46. The van der Waals surface area contributed by atoms with Crippen LogP contribution in [0.15, 0.2) is 23.8 Å². The highest BCUT2D eigenvalue weighted by molar-refractivity contribution is 5.21. The first-order chi connectivity index (χ1) is 9.72. The molecule has 0 aromatic carbocycles. The molecule has 0 heteroatoms. The fraction of sp³-hybridized carbons (Fsp3) is 0.800. The molecule has 0 N–H and O–H groups in total. The molecule has 1 unspecified atom stereocenters. The van der Waals surface area contributed by atoms with Gasteiger partial charge in [0.1, 0.15) is 0 Å². The maximum absolute atomic E-state index is 2.50. The minimum atomic E-state index is 0.853. The van der Waals surface area contributed by atoms with Gasteiger partial charge in [-0.05, 0) is 81.5 Å². The van der Waals surface area contributed by atoms with E-state index in [0.29, 0.717) is 0 Å². The van der Waals surface area contributed by atoms with Gasteiger partial charge < -0.3 is 0 Å². The van der Waals surface area contributed by atoms with Gasteiger partial charge in [-0.2, -0.15) is 0 Å². The summed E-state index contributed by atoms with van der Waals surface area (Å²) in [4.78, 5) is 0. The van der Waals surface area contributed by atoms with Crippen LogP contribution in [-0.4, -0.2) is 0 Å². The summed E-state index contributed by atoms with van der Waals surface area (Å²) in [5.41, 5.74) is 1.46. The van der Waals surface area contributed by atoms with Gasteiger partial charge in [-0.1, -0.05) is 43.6 Å². The fourth-order valence-corrected chi connectivity index (χ4v) is 4.90. The van der Waals surface area contributed by atoms with Crippen molar-refractivity contribution < 1.29 is 0 Å². The number of allylic oxidation sites excluding steroid dienone is 4. The van der Waals surface area contributed by atoms with Gasteiger partial charge in [0.2, 0.25) is 0 Å². The van der Waals surface area contributed by atoms with Crippen LogP contribution in [0.5, 0.6) is 0 Å². The van der Waals surface area contributed by atoms with Crippen molar-refractivity contribution in [2.24, 2.45) is 29.6 Å². The zero-order valence-electron chi connectivity index (χ0n) is 13.5. The van der Waals surface area contributed by atoms with E-state index in [4.69, 9.17) is 0 Å². The molecule has 2 saturated carbocycles. The van der Waals surface area contributed by atoms with Crippen molar-refractivity contribution in [2.45, 2.75) is 71.6 Å². The predicted molar refractivity (Wildman–Crippen MR) is 87.6 cm³/mol. The molecule has 0 aliphatic heterocycles. The zero-order valence-corrected chi connectivity index (χ0v) is 13.5. The second-order valence-electron chi connectivity index (χ2n) is 7.90. The summed E-state index contributed by atoms with van der Waals surface area (Å²) >= 11 is 0. The standard InChI is InChI=1S/C20H32/c1-15-3-7-17(8-4-15)19-11-13-20(14-12-19)18-9-5-16(2)6-10-18/h3-4,7,16-20H,5-6,8-14H2,1-2H3. The molecule has 1 atom stereocenters. The van der Waals surface area contributed by atoms with Gasteiger partial charge in [0.15, 0.2) is 0 Å². The Kier molecular flexibility index (Phi) is 4.68. The molecule has 0 nitrogen and oxygen atoms in total. The summed E-state index contributed by atoms with van der Waals surface area (Å²) in [5.74, 6) is 4.99. The molecular formula is C20H32. The van der Waals surface area contributed by atoms with Crippen molar-refractivity contribution in [1.29, 1.82) is 0 Å². The molecule has 0 radical (unpaired) electrons. The molecule has 0 spiro atoms. The second kappa shape index (κ2) is 6.50. The molecule has 0 aromatic heterocycles. The average molecular weight is 272 g/mol. The maximum atomic E-state index is 2.50. The van der Waals surface area contributed by atoms with Gasteiger partial charge in [0, 0.05) is 0 Å². The highest BCUT2D eigenvalue weighted by Gasteiger charge is 2.32. The van der Waals surface area contributed by atoms with Crippen molar-refractivity contribution >= 4 is 0 Å². The van der Waals surface area contributed by atoms with Gasteiger partial charge in [-0.15, -0.1) is 0 Å². The van der Waals surface area contributed by atoms with Crippen molar-refractivity contribution in [1.82, 2.24) is 0 Å². The SMILES string of the molecule is CC1=CCC(C2CCC(C3CCC(C)CC3)CC2)C=C1. The Morgan fingerprint density at radius 2 is 1.35 bits per heavy atom. The summed E-state index contributed by atoms with van der Waals surface area (Å²) in [6.07, 6.45) is 20.7. The summed E-state index contributed by atoms with van der Waals surface area (Å²) in [6.45, 7) is 4.67. The Hall–Kier alpha value is -0.520. The molecule has 0 heterocycles. The normalized spacial score (nSPS) is 42.3. The van der Waals surface area contributed by atoms with E-state index in [1.54, 1.807) is 0 Å². The molecule has 3 aliphatic carbocycles. The minimum Gasteiger partial charge on any atom is -0.0810 e. The minimum absolute atomic E-state index is 0.853. The van der Waals surface area contributed by atoms with Gasteiger partial charge >= 0.3 is 0 Å².